The van der Waals surface area contributed by atoms with Gasteiger partial charge in [0.2, 0.25) is 0 Å². The van der Waals surface area contributed by atoms with E-state index in [1.165, 1.54) is 5.56 Å². The third-order valence-corrected chi connectivity index (χ3v) is 4.31. The molecule has 0 radical (unpaired) electrons. The lowest BCUT2D eigenvalue weighted by Crippen LogP contribution is -2.36. The van der Waals surface area contributed by atoms with Crippen molar-refractivity contribution in [3.05, 3.63) is 16.8 Å². The first-order valence-electron chi connectivity index (χ1n) is 7.68. The highest BCUT2D eigenvalue weighted by molar-refractivity contribution is 5.51. The van der Waals surface area contributed by atoms with Crippen LogP contribution < -0.4 is 10.6 Å². The molecule has 5 nitrogen and oxygen atoms in total. The molecule has 2 heterocycles. The van der Waals surface area contributed by atoms with E-state index in [4.69, 9.17) is 5.73 Å². The largest absolute Gasteiger partial charge is 0.396 e. The first-order valence-corrected chi connectivity index (χ1v) is 7.68. The fourth-order valence-corrected chi connectivity index (χ4v) is 3.04. The number of aryl methyl sites for hydroxylation is 1. The molecule has 3 N–H and O–H groups in total. The molecule has 0 spiro atoms. The maximum absolute atomic E-state index is 9.23. The summed E-state index contributed by atoms with van der Waals surface area (Å²) >= 11 is 0. The lowest BCUT2D eigenvalue weighted by atomic mass is 9.96. The smallest absolute Gasteiger partial charge is 0.156 e. The fourth-order valence-electron chi connectivity index (χ4n) is 3.04. The molecule has 112 valence electrons. The van der Waals surface area contributed by atoms with Crippen LogP contribution in [0.4, 0.5) is 5.82 Å². The third-order valence-electron chi connectivity index (χ3n) is 4.31. The van der Waals surface area contributed by atoms with Crippen LogP contribution in [0.5, 0.6) is 0 Å². The molecule has 20 heavy (non-hydrogen) atoms. The molecule has 0 unspecified atom stereocenters. The predicted octanol–water partition coefficient (Wildman–Crippen LogP) is 1.27. The van der Waals surface area contributed by atoms with Crippen LogP contribution >= 0.6 is 0 Å². The van der Waals surface area contributed by atoms with Gasteiger partial charge in [0.25, 0.3) is 0 Å². The van der Waals surface area contributed by atoms with Crippen molar-refractivity contribution in [3.63, 3.8) is 0 Å². The van der Waals surface area contributed by atoms with E-state index in [0.717, 1.165) is 55.8 Å². The second-order valence-corrected chi connectivity index (χ2v) is 5.45. The Kier molecular flexibility index (Phi) is 5.31. The van der Waals surface area contributed by atoms with Crippen molar-refractivity contribution in [3.8, 4) is 0 Å². The van der Waals surface area contributed by atoms with Crippen molar-refractivity contribution in [1.29, 1.82) is 0 Å². The van der Waals surface area contributed by atoms with Gasteiger partial charge in [-0.15, -0.1) is 5.10 Å². The van der Waals surface area contributed by atoms with Gasteiger partial charge in [-0.2, -0.15) is 5.10 Å². The number of aliphatic hydroxyl groups excluding tert-OH is 1. The molecule has 1 aromatic rings. The summed E-state index contributed by atoms with van der Waals surface area (Å²) in [6.45, 7) is 6.93. The zero-order valence-corrected chi connectivity index (χ0v) is 12.6. The molecule has 1 fully saturated rings. The molecule has 0 aromatic carbocycles. The number of aromatic nitrogens is 2. The summed E-state index contributed by atoms with van der Waals surface area (Å²) in [4.78, 5) is 2.28. The van der Waals surface area contributed by atoms with Gasteiger partial charge in [-0.05, 0) is 37.2 Å². The summed E-state index contributed by atoms with van der Waals surface area (Å²) in [6, 6.07) is 0. The summed E-state index contributed by atoms with van der Waals surface area (Å²) in [5.41, 5.74) is 9.47. The number of anilines is 1. The molecular formula is C15H26N4O. The maximum Gasteiger partial charge on any atom is 0.156 e. The number of hydrogen-bond donors (Lipinski definition) is 2. The molecule has 1 aliphatic heterocycles. The molecule has 0 saturated carbocycles. The van der Waals surface area contributed by atoms with Gasteiger partial charge in [0.15, 0.2) is 5.82 Å². The molecule has 1 saturated heterocycles. The minimum Gasteiger partial charge on any atom is -0.396 e. The van der Waals surface area contributed by atoms with Gasteiger partial charge in [-0.3, -0.25) is 0 Å². The second-order valence-electron chi connectivity index (χ2n) is 5.45. The number of piperidine rings is 1. The number of nitrogens with zero attached hydrogens (tertiary/aromatic N) is 3. The number of hydrogen-bond acceptors (Lipinski definition) is 5. The van der Waals surface area contributed by atoms with Crippen molar-refractivity contribution in [2.75, 3.05) is 24.6 Å². The summed E-state index contributed by atoms with van der Waals surface area (Å²) < 4.78 is 0. The van der Waals surface area contributed by atoms with E-state index < -0.39 is 0 Å². The van der Waals surface area contributed by atoms with Crippen LogP contribution in [0.1, 0.15) is 43.5 Å². The van der Waals surface area contributed by atoms with E-state index in [0.29, 0.717) is 12.5 Å². The molecule has 0 amide bonds. The molecule has 1 aromatic heterocycles. The first kappa shape index (κ1) is 15.2. The van der Waals surface area contributed by atoms with Crippen molar-refractivity contribution >= 4 is 5.82 Å². The van der Waals surface area contributed by atoms with Gasteiger partial charge in [-0.25, -0.2) is 0 Å². The Morgan fingerprint density at radius 1 is 1.15 bits per heavy atom. The topological polar surface area (TPSA) is 75.3 Å². The first-order chi connectivity index (χ1) is 9.74. The van der Waals surface area contributed by atoms with Crippen LogP contribution in [0.15, 0.2) is 0 Å². The van der Waals surface area contributed by atoms with E-state index >= 15 is 0 Å². The molecule has 0 atom stereocenters. The van der Waals surface area contributed by atoms with Crippen LogP contribution in [-0.4, -0.2) is 35.0 Å². The molecule has 5 heteroatoms. The number of nitrogens with two attached hydrogens (primary N) is 1. The normalized spacial score (nSPS) is 16.7. The Morgan fingerprint density at radius 3 is 2.35 bits per heavy atom. The van der Waals surface area contributed by atoms with Gasteiger partial charge < -0.3 is 15.7 Å². The monoisotopic (exact) mass is 278 g/mol. The summed E-state index contributed by atoms with van der Waals surface area (Å²) in [5, 5.41) is 18.1. The van der Waals surface area contributed by atoms with Crippen molar-refractivity contribution in [2.24, 2.45) is 11.7 Å². The van der Waals surface area contributed by atoms with Gasteiger partial charge >= 0.3 is 0 Å². The zero-order chi connectivity index (χ0) is 14.5. The van der Waals surface area contributed by atoms with Crippen LogP contribution in [0.3, 0.4) is 0 Å². The Labute approximate surface area is 121 Å². The van der Waals surface area contributed by atoms with Gasteiger partial charge in [0, 0.05) is 31.8 Å². The SMILES string of the molecule is CCc1nnc(N2CCC(CO)CC2)c(CN)c1CC. The van der Waals surface area contributed by atoms with E-state index in [2.05, 4.69) is 28.9 Å². The van der Waals surface area contributed by atoms with Crippen molar-refractivity contribution in [1.82, 2.24) is 10.2 Å². The maximum atomic E-state index is 9.23. The van der Waals surface area contributed by atoms with Crippen LogP contribution in [0.2, 0.25) is 0 Å². The highest BCUT2D eigenvalue weighted by Gasteiger charge is 2.23. The fraction of sp³-hybridized carbons (Fsp3) is 0.733. The lowest BCUT2D eigenvalue weighted by Gasteiger charge is -2.33. The summed E-state index contributed by atoms with van der Waals surface area (Å²) in [7, 11) is 0. The quantitative estimate of drug-likeness (QED) is 0.848. The number of aliphatic hydroxyl groups is 1. The Hall–Kier alpha value is -1.20. The number of rotatable bonds is 5. The molecule has 2 rings (SSSR count). The Bertz CT molecular complexity index is 442. The van der Waals surface area contributed by atoms with E-state index in [9.17, 15) is 5.11 Å². The standard InChI is InChI=1S/C15H26N4O/c1-3-12-13(9-16)15(18-17-14(12)4-2)19-7-5-11(10-20)6-8-19/h11,20H,3-10,16H2,1-2H3. The van der Waals surface area contributed by atoms with E-state index in [1.54, 1.807) is 0 Å². The molecule has 0 aliphatic carbocycles. The molecule has 1 aliphatic rings. The minimum absolute atomic E-state index is 0.290. The average molecular weight is 278 g/mol. The van der Waals surface area contributed by atoms with E-state index in [-0.39, 0.29) is 6.61 Å². The molecule has 0 bridgehead atoms. The highest BCUT2D eigenvalue weighted by atomic mass is 16.3. The zero-order valence-electron chi connectivity index (χ0n) is 12.6. The lowest BCUT2D eigenvalue weighted by molar-refractivity contribution is 0.202. The highest BCUT2D eigenvalue weighted by Crippen LogP contribution is 2.27. The van der Waals surface area contributed by atoms with Gasteiger partial charge in [0.1, 0.15) is 0 Å². The van der Waals surface area contributed by atoms with Crippen LogP contribution in [0.25, 0.3) is 0 Å². The second kappa shape index (κ2) is 6.99. The van der Waals surface area contributed by atoms with Gasteiger partial charge in [-0.1, -0.05) is 13.8 Å². The minimum atomic E-state index is 0.290. The van der Waals surface area contributed by atoms with Crippen molar-refractivity contribution < 1.29 is 5.11 Å². The molecular weight excluding hydrogens is 252 g/mol. The predicted molar refractivity (Wildman–Crippen MR) is 80.7 cm³/mol. The van der Waals surface area contributed by atoms with Crippen LogP contribution in [-0.2, 0) is 19.4 Å². The Balaban J connectivity index is 2.28. The summed E-state index contributed by atoms with van der Waals surface area (Å²) in [6.07, 6.45) is 3.87. The van der Waals surface area contributed by atoms with Gasteiger partial charge in [0.05, 0.1) is 5.69 Å². The Morgan fingerprint density at radius 2 is 1.85 bits per heavy atom. The summed E-state index contributed by atoms with van der Waals surface area (Å²) in [5.74, 6) is 1.39. The van der Waals surface area contributed by atoms with E-state index in [1.807, 2.05) is 0 Å². The van der Waals surface area contributed by atoms with Crippen molar-refractivity contribution in [2.45, 2.75) is 46.1 Å². The van der Waals surface area contributed by atoms with Crippen LogP contribution in [0, 0.1) is 5.92 Å². The third kappa shape index (κ3) is 2.94. The average Bonchev–Trinajstić information content (AvgIpc) is 2.53.